The van der Waals surface area contributed by atoms with E-state index in [2.05, 4.69) is 16.6 Å². The quantitative estimate of drug-likeness (QED) is 0.737. The molecule has 3 saturated heterocycles. The Hall–Kier alpha value is -1.25. The topological polar surface area (TPSA) is 49.9 Å². The summed E-state index contributed by atoms with van der Waals surface area (Å²) in [4.78, 5) is 2.71. The summed E-state index contributed by atoms with van der Waals surface area (Å²) in [5, 5.41) is 0. The third-order valence-electron chi connectivity index (χ3n) is 6.60. The number of alkyl halides is 2. The zero-order chi connectivity index (χ0) is 19.9. The average molecular weight is 415 g/mol. The number of hydrogen-bond acceptors (Lipinski definition) is 4. The predicted octanol–water partition coefficient (Wildman–Crippen LogP) is 3.70. The van der Waals surface area contributed by atoms with Crippen molar-refractivity contribution in [1.82, 2.24) is 9.21 Å². The molecule has 3 atom stereocenters. The minimum atomic E-state index is -3.63. The molecule has 2 unspecified atom stereocenters. The van der Waals surface area contributed by atoms with E-state index in [9.17, 15) is 17.2 Å². The van der Waals surface area contributed by atoms with Gasteiger partial charge in [-0.1, -0.05) is 6.92 Å². The molecular formula is C20H28F2N2O3S. The van der Waals surface area contributed by atoms with E-state index in [-0.39, 0.29) is 22.7 Å². The number of benzene rings is 1. The van der Waals surface area contributed by atoms with Crippen molar-refractivity contribution in [3.8, 4) is 5.75 Å². The van der Waals surface area contributed by atoms with Crippen LogP contribution in [0.25, 0.3) is 0 Å². The second-order valence-electron chi connectivity index (χ2n) is 8.41. The molecule has 3 fully saturated rings. The fraction of sp³-hybridized carbons (Fsp3) is 0.700. The highest BCUT2D eigenvalue weighted by Crippen LogP contribution is 2.42. The fourth-order valence-electron chi connectivity index (χ4n) is 5.10. The predicted molar refractivity (Wildman–Crippen MR) is 102 cm³/mol. The monoisotopic (exact) mass is 414 g/mol. The van der Waals surface area contributed by atoms with Gasteiger partial charge in [0.2, 0.25) is 10.0 Å². The lowest BCUT2D eigenvalue weighted by Crippen LogP contribution is -2.53. The molecule has 156 valence electrons. The summed E-state index contributed by atoms with van der Waals surface area (Å²) in [7, 11) is -3.63. The number of piperidine rings is 2. The normalized spacial score (nSPS) is 30.1. The fourth-order valence-corrected chi connectivity index (χ4v) is 7.00. The standard InChI is InChI=1S/C20H28F2N2O3S/c1-14-8-10-23(11-9-14)17-12-15-2-3-16(13-17)24(15)28(25,26)19-6-4-18(5-7-19)27-20(21)22/h4-7,14-17,20H,2-3,8-13H2,1H3/t15-,16?,17?/m0/s1. The molecule has 0 radical (unpaired) electrons. The van der Waals surface area contributed by atoms with Crippen LogP contribution in [0.1, 0.15) is 45.4 Å². The average Bonchev–Trinajstić information content (AvgIpc) is 2.94. The highest BCUT2D eigenvalue weighted by Gasteiger charge is 2.48. The van der Waals surface area contributed by atoms with Gasteiger partial charge in [0.25, 0.3) is 0 Å². The van der Waals surface area contributed by atoms with Crippen molar-refractivity contribution >= 4 is 10.0 Å². The van der Waals surface area contributed by atoms with Gasteiger partial charge in [0.15, 0.2) is 0 Å². The SMILES string of the molecule is CC1CCN(C2CC3CC[C@@H](C2)N3S(=O)(=O)c2ccc(OC(F)F)cc2)CC1. The molecule has 0 aliphatic carbocycles. The molecule has 0 amide bonds. The highest BCUT2D eigenvalue weighted by molar-refractivity contribution is 7.89. The number of hydrogen-bond donors (Lipinski definition) is 0. The van der Waals surface area contributed by atoms with Crippen LogP contribution in [0.4, 0.5) is 8.78 Å². The van der Waals surface area contributed by atoms with E-state index in [4.69, 9.17) is 0 Å². The summed E-state index contributed by atoms with van der Waals surface area (Å²) in [5.41, 5.74) is 0. The molecule has 5 nitrogen and oxygen atoms in total. The van der Waals surface area contributed by atoms with Gasteiger partial charge in [-0.05, 0) is 81.8 Å². The minimum absolute atomic E-state index is 0.0324. The van der Waals surface area contributed by atoms with Crippen molar-refractivity contribution in [3.05, 3.63) is 24.3 Å². The maximum absolute atomic E-state index is 13.2. The highest BCUT2D eigenvalue weighted by atomic mass is 32.2. The molecular weight excluding hydrogens is 386 g/mol. The Morgan fingerprint density at radius 3 is 2.07 bits per heavy atom. The lowest BCUT2D eigenvalue weighted by Gasteiger charge is -2.44. The van der Waals surface area contributed by atoms with E-state index in [0.29, 0.717) is 6.04 Å². The Bertz CT molecular complexity index is 765. The van der Waals surface area contributed by atoms with Gasteiger partial charge >= 0.3 is 6.61 Å². The Morgan fingerprint density at radius 1 is 0.964 bits per heavy atom. The number of rotatable bonds is 5. The van der Waals surface area contributed by atoms with Crippen molar-refractivity contribution in [2.45, 2.75) is 75.1 Å². The zero-order valence-electron chi connectivity index (χ0n) is 16.1. The zero-order valence-corrected chi connectivity index (χ0v) is 17.0. The first-order valence-corrected chi connectivity index (χ1v) is 11.6. The van der Waals surface area contributed by atoms with Gasteiger partial charge in [0.1, 0.15) is 5.75 Å². The number of likely N-dealkylation sites (tertiary alicyclic amines) is 1. The van der Waals surface area contributed by atoms with Crippen LogP contribution in [-0.2, 0) is 10.0 Å². The number of nitrogens with zero attached hydrogens (tertiary/aromatic N) is 2. The molecule has 3 aliphatic heterocycles. The maximum atomic E-state index is 13.2. The van der Waals surface area contributed by atoms with E-state index in [1.54, 1.807) is 4.31 Å². The molecule has 1 aromatic rings. The van der Waals surface area contributed by atoms with E-state index in [0.717, 1.165) is 44.7 Å². The number of fused-ring (bicyclic) bond motifs is 2. The van der Waals surface area contributed by atoms with Crippen LogP contribution in [0.3, 0.4) is 0 Å². The number of ether oxygens (including phenoxy) is 1. The maximum Gasteiger partial charge on any atom is 0.387 e. The molecule has 8 heteroatoms. The second kappa shape index (κ2) is 7.88. The first kappa shape index (κ1) is 20.0. The van der Waals surface area contributed by atoms with Gasteiger partial charge in [0, 0.05) is 18.1 Å². The van der Waals surface area contributed by atoms with E-state index >= 15 is 0 Å². The molecule has 2 bridgehead atoms. The van der Waals surface area contributed by atoms with Gasteiger partial charge in [-0.15, -0.1) is 0 Å². The van der Waals surface area contributed by atoms with Crippen LogP contribution in [0, 0.1) is 5.92 Å². The minimum Gasteiger partial charge on any atom is -0.435 e. The third kappa shape index (κ3) is 3.91. The summed E-state index contributed by atoms with van der Waals surface area (Å²) in [6, 6.07) is 5.86. The third-order valence-corrected chi connectivity index (χ3v) is 8.62. The second-order valence-corrected chi connectivity index (χ2v) is 10.3. The van der Waals surface area contributed by atoms with E-state index in [1.807, 2.05) is 0 Å². The van der Waals surface area contributed by atoms with Crippen LogP contribution >= 0.6 is 0 Å². The first-order valence-electron chi connectivity index (χ1n) is 10.2. The lowest BCUT2D eigenvalue weighted by atomic mass is 9.93. The number of sulfonamides is 1. The van der Waals surface area contributed by atoms with Crippen molar-refractivity contribution in [1.29, 1.82) is 0 Å². The van der Waals surface area contributed by atoms with Gasteiger partial charge in [-0.25, -0.2) is 8.42 Å². The lowest BCUT2D eigenvalue weighted by molar-refractivity contribution is -0.0498. The Labute approximate surface area is 165 Å². The van der Waals surface area contributed by atoms with Crippen LogP contribution in [0.15, 0.2) is 29.2 Å². The molecule has 0 aromatic heterocycles. The van der Waals surface area contributed by atoms with Crippen molar-refractivity contribution in [2.75, 3.05) is 13.1 Å². The summed E-state index contributed by atoms with van der Waals surface area (Å²) >= 11 is 0. The Kier molecular flexibility index (Phi) is 5.64. The Balaban J connectivity index is 1.47. The van der Waals surface area contributed by atoms with Crippen LogP contribution in [0.2, 0.25) is 0 Å². The molecule has 28 heavy (non-hydrogen) atoms. The van der Waals surface area contributed by atoms with Gasteiger partial charge in [-0.2, -0.15) is 13.1 Å². The van der Waals surface area contributed by atoms with E-state index < -0.39 is 16.6 Å². The molecule has 1 aromatic carbocycles. The summed E-state index contributed by atoms with van der Waals surface area (Å²) in [6.07, 6.45) is 6.02. The van der Waals surface area contributed by atoms with Gasteiger partial charge in [-0.3, -0.25) is 0 Å². The summed E-state index contributed by atoms with van der Waals surface area (Å²) < 4.78 is 57.1. The number of halogens is 2. The van der Waals surface area contributed by atoms with Gasteiger partial charge < -0.3 is 9.64 Å². The van der Waals surface area contributed by atoms with Crippen molar-refractivity contribution in [2.24, 2.45) is 5.92 Å². The largest absolute Gasteiger partial charge is 0.435 e. The van der Waals surface area contributed by atoms with E-state index in [1.165, 1.54) is 37.1 Å². The van der Waals surface area contributed by atoms with Crippen molar-refractivity contribution < 1.29 is 21.9 Å². The Morgan fingerprint density at radius 2 is 1.54 bits per heavy atom. The molecule has 3 aliphatic rings. The van der Waals surface area contributed by atoms with Crippen LogP contribution < -0.4 is 4.74 Å². The van der Waals surface area contributed by atoms with Crippen LogP contribution in [0.5, 0.6) is 5.75 Å². The summed E-state index contributed by atoms with van der Waals surface area (Å²) in [6.45, 7) is 1.61. The molecule has 0 saturated carbocycles. The molecule has 0 N–H and O–H groups in total. The van der Waals surface area contributed by atoms with Crippen molar-refractivity contribution in [3.63, 3.8) is 0 Å². The van der Waals surface area contributed by atoms with Crippen LogP contribution in [-0.4, -0.2) is 55.4 Å². The first-order chi connectivity index (χ1) is 13.3. The molecule has 4 rings (SSSR count). The van der Waals surface area contributed by atoms with Gasteiger partial charge in [0.05, 0.1) is 4.90 Å². The summed E-state index contributed by atoms with van der Waals surface area (Å²) in [5.74, 6) is 0.750. The molecule has 0 spiro atoms. The molecule has 3 heterocycles. The smallest absolute Gasteiger partial charge is 0.387 e.